The van der Waals surface area contributed by atoms with Gasteiger partial charge in [0.15, 0.2) is 5.78 Å². The van der Waals surface area contributed by atoms with E-state index in [9.17, 15) is 10.1 Å². The van der Waals surface area contributed by atoms with Gasteiger partial charge in [0, 0.05) is 30.8 Å². The van der Waals surface area contributed by atoms with E-state index in [1.807, 2.05) is 36.4 Å². The van der Waals surface area contributed by atoms with Crippen LogP contribution < -0.4 is 5.73 Å². The molecule has 5 heteroatoms. The van der Waals surface area contributed by atoms with Gasteiger partial charge in [-0.15, -0.1) is 0 Å². The Balaban J connectivity index is 1.79. The Labute approximate surface area is 151 Å². The lowest BCUT2D eigenvalue weighted by Crippen LogP contribution is -2.29. The molecule has 2 heterocycles. The molecule has 0 bridgehead atoms. The average Bonchev–Trinajstić information content (AvgIpc) is 2.68. The number of rotatable bonds is 2. The largest absolute Gasteiger partial charge is 0.444 e. The molecule has 0 spiro atoms. The molecule has 0 fully saturated rings. The van der Waals surface area contributed by atoms with E-state index >= 15 is 0 Å². The van der Waals surface area contributed by atoms with Crippen molar-refractivity contribution >= 4 is 5.78 Å². The number of carbonyl (C=O) groups is 1. The van der Waals surface area contributed by atoms with Crippen molar-refractivity contribution in [1.82, 2.24) is 4.98 Å². The molecule has 4 rings (SSSR count). The Bertz CT molecular complexity index is 956. The minimum absolute atomic E-state index is 0.00536. The molecule has 0 unspecified atom stereocenters. The van der Waals surface area contributed by atoms with Crippen molar-refractivity contribution in [2.24, 2.45) is 5.73 Å². The number of pyridine rings is 1. The molecule has 0 radical (unpaired) electrons. The molecule has 26 heavy (non-hydrogen) atoms. The number of ether oxygens (including phenoxy) is 1. The Kier molecular flexibility index (Phi) is 4.02. The summed E-state index contributed by atoms with van der Waals surface area (Å²) in [6.07, 6.45) is 4.30. The zero-order chi connectivity index (χ0) is 18.1. The zero-order valence-electron chi connectivity index (χ0n) is 14.1. The van der Waals surface area contributed by atoms with E-state index in [1.165, 1.54) is 0 Å². The first-order chi connectivity index (χ1) is 12.7. The summed E-state index contributed by atoms with van der Waals surface area (Å²) in [6, 6.07) is 15.7. The number of nitrogens with zero attached hydrogens (tertiary/aromatic N) is 2. The fourth-order valence-electron chi connectivity index (χ4n) is 3.75. The predicted molar refractivity (Wildman–Crippen MR) is 95.3 cm³/mol. The van der Waals surface area contributed by atoms with Gasteiger partial charge in [-0.2, -0.15) is 5.26 Å². The van der Waals surface area contributed by atoms with Gasteiger partial charge in [-0.05, 0) is 23.1 Å². The van der Waals surface area contributed by atoms with Crippen LogP contribution in [0.3, 0.4) is 0 Å². The van der Waals surface area contributed by atoms with Crippen molar-refractivity contribution in [3.05, 3.63) is 88.8 Å². The number of carbonyl (C=O) groups excluding carboxylic acids is 1. The maximum atomic E-state index is 13.0. The van der Waals surface area contributed by atoms with Crippen molar-refractivity contribution in [2.45, 2.75) is 24.7 Å². The number of allylic oxidation sites excluding steroid dienone is 3. The number of ketones is 1. The highest BCUT2D eigenvalue weighted by molar-refractivity contribution is 6.00. The van der Waals surface area contributed by atoms with E-state index in [4.69, 9.17) is 10.5 Å². The summed E-state index contributed by atoms with van der Waals surface area (Å²) in [5.41, 5.74) is 8.70. The molecular formula is C21H17N3O2. The second-order valence-corrected chi connectivity index (χ2v) is 6.49. The third-order valence-electron chi connectivity index (χ3n) is 4.95. The maximum absolute atomic E-state index is 13.0. The maximum Gasteiger partial charge on any atom is 0.205 e. The monoisotopic (exact) mass is 343 g/mol. The first-order valence-corrected chi connectivity index (χ1v) is 8.47. The smallest absolute Gasteiger partial charge is 0.205 e. The lowest BCUT2D eigenvalue weighted by atomic mass is 9.74. The number of nitrogens with two attached hydrogens (primary N) is 1. The van der Waals surface area contributed by atoms with Crippen molar-refractivity contribution in [3.8, 4) is 6.07 Å². The molecule has 5 nitrogen and oxygen atoms in total. The van der Waals surface area contributed by atoms with Gasteiger partial charge < -0.3 is 10.5 Å². The molecule has 1 aliphatic carbocycles. The first-order valence-electron chi connectivity index (χ1n) is 8.47. The topological polar surface area (TPSA) is 89.0 Å². The lowest BCUT2D eigenvalue weighted by Gasteiger charge is -2.33. The second-order valence-electron chi connectivity index (χ2n) is 6.49. The van der Waals surface area contributed by atoms with Crippen molar-refractivity contribution < 1.29 is 9.53 Å². The molecular weight excluding hydrogens is 326 g/mol. The Morgan fingerprint density at radius 1 is 1.12 bits per heavy atom. The highest BCUT2D eigenvalue weighted by Gasteiger charge is 2.40. The van der Waals surface area contributed by atoms with Gasteiger partial charge in [0.25, 0.3) is 0 Å². The number of hydrogen-bond acceptors (Lipinski definition) is 5. The Morgan fingerprint density at radius 3 is 2.58 bits per heavy atom. The molecule has 1 aliphatic heterocycles. The fraction of sp³-hybridized carbons (Fsp3) is 0.190. The van der Waals surface area contributed by atoms with E-state index < -0.39 is 5.92 Å². The van der Waals surface area contributed by atoms with Crippen LogP contribution in [-0.4, -0.2) is 10.8 Å². The van der Waals surface area contributed by atoms with Crippen LogP contribution in [0.15, 0.2) is 77.6 Å². The lowest BCUT2D eigenvalue weighted by molar-refractivity contribution is -0.117. The van der Waals surface area contributed by atoms with Crippen molar-refractivity contribution in [1.29, 1.82) is 5.26 Å². The number of benzene rings is 1. The molecule has 2 aromatic rings. The third-order valence-corrected chi connectivity index (χ3v) is 4.95. The normalized spacial score (nSPS) is 22.5. The van der Waals surface area contributed by atoms with Gasteiger partial charge >= 0.3 is 0 Å². The minimum atomic E-state index is -0.512. The summed E-state index contributed by atoms with van der Waals surface area (Å²) >= 11 is 0. The van der Waals surface area contributed by atoms with E-state index in [0.29, 0.717) is 24.2 Å². The molecule has 2 aliphatic rings. The van der Waals surface area contributed by atoms with Gasteiger partial charge in [-0.25, -0.2) is 0 Å². The average molecular weight is 343 g/mol. The molecule has 1 aromatic heterocycles. The van der Waals surface area contributed by atoms with Crippen LogP contribution in [0.25, 0.3) is 0 Å². The minimum Gasteiger partial charge on any atom is -0.444 e. The van der Waals surface area contributed by atoms with Crippen LogP contribution >= 0.6 is 0 Å². The number of aromatic nitrogens is 1. The summed E-state index contributed by atoms with van der Waals surface area (Å²) in [5, 5.41) is 9.58. The van der Waals surface area contributed by atoms with Gasteiger partial charge in [0.2, 0.25) is 5.88 Å². The fourth-order valence-corrected chi connectivity index (χ4v) is 3.75. The third kappa shape index (κ3) is 2.66. The first kappa shape index (κ1) is 16.1. The summed E-state index contributed by atoms with van der Waals surface area (Å²) in [4.78, 5) is 17.2. The predicted octanol–water partition coefficient (Wildman–Crippen LogP) is 3.29. The molecule has 2 atom stereocenters. The van der Waals surface area contributed by atoms with Crippen LogP contribution in [0, 0.1) is 11.3 Å². The number of nitriles is 1. The van der Waals surface area contributed by atoms with Crippen LogP contribution in [0.1, 0.15) is 35.8 Å². The molecule has 2 N–H and O–H groups in total. The number of Topliss-reactive ketones (excluding diaryl/α,β-unsaturated/α-hetero) is 1. The molecule has 128 valence electrons. The molecule has 1 aromatic carbocycles. The Hall–Kier alpha value is -3.39. The summed E-state index contributed by atoms with van der Waals surface area (Å²) in [6.45, 7) is 0. The summed E-state index contributed by atoms with van der Waals surface area (Å²) in [7, 11) is 0. The van der Waals surface area contributed by atoms with Gasteiger partial charge in [0.05, 0.1) is 5.92 Å². The SMILES string of the molecule is N#CC1=C(N)OC2=C(C(=O)C[C@@H](c3ccccc3)C2)[C@H]1c1cccnc1. The summed E-state index contributed by atoms with van der Waals surface area (Å²) < 4.78 is 5.74. The van der Waals surface area contributed by atoms with Crippen LogP contribution in [0.2, 0.25) is 0 Å². The van der Waals surface area contributed by atoms with Crippen molar-refractivity contribution in [2.75, 3.05) is 0 Å². The highest BCUT2D eigenvalue weighted by atomic mass is 16.5. The van der Waals surface area contributed by atoms with E-state index in [1.54, 1.807) is 18.5 Å². The van der Waals surface area contributed by atoms with E-state index in [-0.39, 0.29) is 23.2 Å². The van der Waals surface area contributed by atoms with E-state index in [0.717, 1.165) is 11.1 Å². The molecule has 0 amide bonds. The Morgan fingerprint density at radius 2 is 1.88 bits per heavy atom. The quantitative estimate of drug-likeness (QED) is 0.904. The standard InChI is InChI=1S/C21H17N3O2/c22-11-16-19(14-7-4-8-24-12-14)20-17(25)9-15(10-18(20)26-21(16)23)13-5-2-1-3-6-13/h1-8,12,15,19H,9-10,23H2/t15-,19+/m1/s1. The van der Waals surface area contributed by atoms with Gasteiger partial charge in [-0.3, -0.25) is 9.78 Å². The molecule has 0 saturated carbocycles. The molecule has 0 saturated heterocycles. The van der Waals surface area contributed by atoms with E-state index in [2.05, 4.69) is 11.1 Å². The highest BCUT2D eigenvalue weighted by Crippen LogP contribution is 2.46. The van der Waals surface area contributed by atoms with Gasteiger partial charge in [0.1, 0.15) is 17.4 Å². The van der Waals surface area contributed by atoms with Gasteiger partial charge in [-0.1, -0.05) is 36.4 Å². The zero-order valence-corrected chi connectivity index (χ0v) is 14.1. The second kappa shape index (κ2) is 6.49. The van der Waals surface area contributed by atoms with Crippen molar-refractivity contribution in [3.63, 3.8) is 0 Å². The van der Waals surface area contributed by atoms with Crippen LogP contribution in [0.5, 0.6) is 0 Å². The van der Waals surface area contributed by atoms with Crippen LogP contribution in [-0.2, 0) is 9.53 Å². The summed E-state index contributed by atoms with van der Waals surface area (Å²) in [5.74, 6) is 0.173. The van der Waals surface area contributed by atoms with Crippen LogP contribution in [0.4, 0.5) is 0 Å². The number of hydrogen-bond donors (Lipinski definition) is 1.